The van der Waals surface area contributed by atoms with E-state index in [-0.39, 0.29) is 17.5 Å². The summed E-state index contributed by atoms with van der Waals surface area (Å²) in [7, 11) is -2.98. The molecule has 57 heavy (non-hydrogen) atoms. The summed E-state index contributed by atoms with van der Waals surface area (Å²) < 4.78 is 42.7. The van der Waals surface area contributed by atoms with Gasteiger partial charge in [-0.05, 0) is 110 Å². The molecule has 0 heterocycles. The SMILES string of the molecule is C=P(c1ccc(C)cc1)(c1ccc(F)cc1)c1ccc([Si](c2ccccc2)(c2ccccc2)c2ccc(P(=C)(c3ccc(F)cc3)c3ccc(F)cc3)cc2)cc1. The van der Waals surface area contributed by atoms with Crippen LogP contribution in [0.1, 0.15) is 5.56 Å². The molecule has 0 nitrogen and oxygen atoms in total. The molecule has 6 heteroatoms. The minimum atomic E-state index is -2.98. The van der Waals surface area contributed by atoms with E-state index < -0.39 is 21.8 Å². The Morgan fingerprint density at radius 3 is 0.825 bits per heavy atom. The lowest BCUT2D eigenvalue weighted by molar-refractivity contribution is 0.628. The van der Waals surface area contributed by atoms with Crippen molar-refractivity contribution in [3.63, 3.8) is 0 Å². The van der Waals surface area contributed by atoms with Gasteiger partial charge in [-0.25, -0.2) is 13.2 Å². The Bertz CT molecular complexity index is 2420. The third-order valence-electron chi connectivity index (χ3n) is 11.2. The molecule has 8 aromatic rings. The smallest absolute Gasteiger partial charge is 0.179 e. The molecule has 0 aliphatic rings. The normalized spacial score (nSPS) is 12.8. The fourth-order valence-corrected chi connectivity index (χ4v) is 18.5. The van der Waals surface area contributed by atoms with E-state index in [2.05, 4.69) is 140 Å². The molecule has 0 aliphatic heterocycles. The number of benzene rings is 8. The molecule has 0 bridgehead atoms. The van der Waals surface area contributed by atoms with Gasteiger partial charge in [0.25, 0.3) is 0 Å². The van der Waals surface area contributed by atoms with Crippen molar-refractivity contribution in [3.05, 3.63) is 229 Å². The topological polar surface area (TPSA) is 0 Å². The number of aryl methyl sites for hydroxylation is 1. The first-order valence-corrected chi connectivity index (χ1v) is 24.7. The van der Waals surface area contributed by atoms with Crippen LogP contribution < -0.4 is 52.6 Å². The van der Waals surface area contributed by atoms with Crippen molar-refractivity contribution in [1.29, 1.82) is 0 Å². The van der Waals surface area contributed by atoms with E-state index in [0.29, 0.717) is 0 Å². The van der Waals surface area contributed by atoms with Gasteiger partial charge in [0.2, 0.25) is 0 Å². The Hall–Kier alpha value is -5.63. The van der Waals surface area contributed by atoms with E-state index in [0.717, 1.165) is 31.8 Å². The van der Waals surface area contributed by atoms with Gasteiger partial charge in [-0.15, -0.1) is 0 Å². The number of hydrogen-bond donors (Lipinski definition) is 0. The van der Waals surface area contributed by atoms with Crippen LogP contribution in [0, 0.1) is 24.4 Å². The van der Waals surface area contributed by atoms with Gasteiger partial charge in [0, 0.05) is 0 Å². The highest BCUT2D eigenvalue weighted by atomic mass is 31.2. The van der Waals surface area contributed by atoms with Crippen molar-refractivity contribution in [2.45, 2.75) is 6.92 Å². The van der Waals surface area contributed by atoms with Crippen LogP contribution in [-0.4, -0.2) is 20.7 Å². The lowest BCUT2D eigenvalue weighted by atomic mass is 10.2. The van der Waals surface area contributed by atoms with E-state index in [9.17, 15) is 13.2 Å². The first-order chi connectivity index (χ1) is 27.6. The zero-order valence-electron chi connectivity index (χ0n) is 31.6. The Morgan fingerprint density at radius 2 is 0.544 bits per heavy atom. The third-order valence-corrected chi connectivity index (χ3v) is 23.0. The van der Waals surface area contributed by atoms with Crippen LogP contribution in [0.5, 0.6) is 0 Å². The minimum absolute atomic E-state index is 0.273. The highest BCUT2D eigenvalue weighted by Crippen LogP contribution is 2.43. The molecule has 8 aromatic carbocycles. The van der Waals surface area contributed by atoms with Crippen molar-refractivity contribution >= 4 is 87.0 Å². The van der Waals surface area contributed by atoms with Gasteiger partial charge < -0.3 is 0 Å². The Balaban J connectivity index is 1.33. The van der Waals surface area contributed by atoms with Crippen LogP contribution in [0.25, 0.3) is 0 Å². The average Bonchev–Trinajstić information content (AvgIpc) is 3.26. The Morgan fingerprint density at radius 1 is 0.316 bits per heavy atom. The summed E-state index contributed by atoms with van der Waals surface area (Å²) in [6.07, 6.45) is 9.81. The lowest BCUT2D eigenvalue weighted by Crippen LogP contribution is -2.74. The van der Waals surface area contributed by atoms with Gasteiger partial charge in [0.1, 0.15) is 17.5 Å². The second-order valence-electron chi connectivity index (χ2n) is 14.5. The first-order valence-electron chi connectivity index (χ1n) is 18.8. The summed E-state index contributed by atoms with van der Waals surface area (Å²) in [4.78, 5) is 0. The summed E-state index contributed by atoms with van der Waals surface area (Å²) in [6, 6.07) is 67.8. The quantitative estimate of drug-likeness (QED) is 0.0778. The summed E-state index contributed by atoms with van der Waals surface area (Å²) in [5.74, 6) is -0.908. The second-order valence-corrected chi connectivity index (χ2v) is 24.6. The van der Waals surface area contributed by atoms with Crippen molar-refractivity contribution in [1.82, 2.24) is 0 Å². The van der Waals surface area contributed by atoms with Gasteiger partial charge in [0.05, 0.1) is 0 Å². The maximum absolute atomic E-state index is 14.3. The highest BCUT2D eigenvalue weighted by Gasteiger charge is 2.42. The molecule has 0 spiro atoms. The first kappa shape index (κ1) is 38.3. The summed E-state index contributed by atoms with van der Waals surface area (Å²) in [5, 5.41) is 10.9. The number of halogens is 3. The van der Waals surface area contributed by atoms with E-state index in [1.54, 1.807) is 24.3 Å². The summed E-state index contributed by atoms with van der Waals surface area (Å²) >= 11 is 0. The third kappa shape index (κ3) is 6.93. The molecule has 0 amide bonds. The molecular weight excluding hydrogens is 760 g/mol. The van der Waals surface area contributed by atoms with Crippen LogP contribution in [0.2, 0.25) is 0 Å². The highest BCUT2D eigenvalue weighted by molar-refractivity contribution is 7.93. The summed E-state index contributed by atoms with van der Waals surface area (Å²) in [5.41, 5.74) is 1.17. The Kier molecular flexibility index (Phi) is 10.5. The monoisotopic (exact) mass is 800 g/mol. The predicted octanol–water partition coefficient (Wildman–Crippen LogP) is 7.24. The predicted molar refractivity (Wildman–Crippen MR) is 246 cm³/mol. The van der Waals surface area contributed by atoms with Gasteiger partial charge in [-0.2, -0.15) is 0 Å². The van der Waals surface area contributed by atoms with Crippen LogP contribution >= 0.6 is 13.8 Å². The molecule has 0 aliphatic carbocycles. The molecule has 8 rings (SSSR count). The lowest BCUT2D eigenvalue weighted by Gasteiger charge is -2.35. The van der Waals surface area contributed by atoms with Crippen molar-refractivity contribution in [3.8, 4) is 0 Å². The maximum Gasteiger partial charge on any atom is 0.179 e. The minimum Gasteiger partial charge on any atom is -0.207 e. The van der Waals surface area contributed by atoms with E-state index in [1.807, 2.05) is 12.1 Å². The molecule has 0 radical (unpaired) electrons. The van der Waals surface area contributed by atoms with E-state index >= 15 is 0 Å². The molecule has 280 valence electrons. The standard InChI is InChI=1S/C51H41F3P2Si/c1-38-14-22-42(23-15-38)55(2,43-24-16-39(52)17-25-43)46-30-34-50(35-31-46)57(48-10-6-4-7-11-48,49-12-8-5-9-13-49)51-36-32-47(33-37-51)56(3,44-26-18-40(53)19-27-44)45-28-20-41(54)21-29-45/h4-37H,2-3H2,1H3. The molecule has 1 unspecified atom stereocenters. The van der Waals surface area contributed by atoms with Crippen LogP contribution in [-0.2, 0) is 0 Å². The van der Waals surface area contributed by atoms with Gasteiger partial charge in [-0.3, -0.25) is 0 Å². The number of hydrogen-bond acceptors (Lipinski definition) is 0. The molecule has 0 saturated carbocycles. The van der Waals surface area contributed by atoms with Crippen LogP contribution in [0.3, 0.4) is 0 Å². The zero-order chi connectivity index (χ0) is 39.6. The molecule has 1 atom stereocenters. The number of rotatable bonds is 10. The van der Waals surface area contributed by atoms with E-state index in [4.69, 9.17) is 12.6 Å². The largest absolute Gasteiger partial charge is 0.207 e. The molecule has 0 saturated heterocycles. The average molecular weight is 801 g/mol. The second kappa shape index (κ2) is 15.7. The molecule has 0 N–H and O–H groups in total. The van der Waals surface area contributed by atoms with Gasteiger partial charge >= 0.3 is 0 Å². The van der Waals surface area contributed by atoms with Gasteiger partial charge in [0.15, 0.2) is 8.07 Å². The van der Waals surface area contributed by atoms with Crippen molar-refractivity contribution < 1.29 is 13.2 Å². The maximum atomic E-state index is 14.3. The van der Waals surface area contributed by atoms with Crippen LogP contribution in [0.4, 0.5) is 13.2 Å². The molecule has 0 aromatic heterocycles. The fraction of sp³-hybridized carbons (Fsp3) is 0.0196. The summed E-state index contributed by atoms with van der Waals surface area (Å²) in [6.45, 7) is -2.86. The van der Waals surface area contributed by atoms with Crippen LogP contribution in [0.15, 0.2) is 206 Å². The fourth-order valence-electron chi connectivity index (χ4n) is 8.09. The van der Waals surface area contributed by atoms with Crippen molar-refractivity contribution in [2.24, 2.45) is 0 Å². The molecule has 0 fully saturated rings. The Labute approximate surface area is 334 Å². The van der Waals surface area contributed by atoms with Gasteiger partial charge in [-0.1, -0.05) is 188 Å². The zero-order valence-corrected chi connectivity index (χ0v) is 34.4. The van der Waals surface area contributed by atoms with E-state index in [1.165, 1.54) is 62.7 Å². The molecular formula is C51H41F3P2Si. The van der Waals surface area contributed by atoms with Crippen molar-refractivity contribution in [2.75, 3.05) is 0 Å².